The highest BCUT2D eigenvalue weighted by Gasteiger charge is 2.46. The van der Waals surface area contributed by atoms with Crippen LogP contribution in [0.5, 0.6) is 0 Å². The maximum atomic E-state index is 12.3. The van der Waals surface area contributed by atoms with Crippen LogP contribution in [0.25, 0.3) is 0 Å². The molecule has 122 valence electrons. The number of nitrogens with zero attached hydrogens (tertiary/aromatic N) is 1. The summed E-state index contributed by atoms with van der Waals surface area (Å²) in [5.74, 6) is 0.000650. The summed E-state index contributed by atoms with van der Waals surface area (Å²) in [7, 11) is -4.88. The van der Waals surface area contributed by atoms with Crippen molar-refractivity contribution >= 4 is 17.3 Å². The third-order valence-electron chi connectivity index (χ3n) is 4.37. The van der Waals surface area contributed by atoms with Gasteiger partial charge in [0.1, 0.15) is 0 Å². The molecular formula is C11H25BN4O4S. The minimum atomic E-state index is -3.55. The molecule has 7 N–H and O–H groups in total. The Hall–Kier alpha value is -0.225. The second kappa shape index (κ2) is 6.11. The van der Waals surface area contributed by atoms with Crippen molar-refractivity contribution in [2.75, 3.05) is 13.1 Å². The Morgan fingerprint density at radius 1 is 1.48 bits per heavy atom. The molecule has 21 heavy (non-hydrogen) atoms. The van der Waals surface area contributed by atoms with Crippen LogP contribution in [0.15, 0.2) is 0 Å². The molecule has 2 rings (SSSR count). The van der Waals surface area contributed by atoms with Gasteiger partial charge in [0.05, 0.1) is 0 Å². The molecule has 1 heterocycles. The van der Waals surface area contributed by atoms with E-state index in [4.69, 9.17) is 21.5 Å². The van der Waals surface area contributed by atoms with Gasteiger partial charge in [0.2, 0.25) is 0 Å². The molecule has 10 heteroatoms. The van der Waals surface area contributed by atoms with E-state index in [0.717, 1.165) is 0 Å². The van der Waals surface area contributed by atoms with Crippen molar-refractivity contribution in [1.82, 2.24) is 9.03 Å². The second-order valence-electron chi connectivity index (χ2n) is 6.54. The maximum absolute atomic E-state index is 12.3. The zero-order valence-corrected chi connectivity index (χ0v) is 13.1. The van der Waals surface area contributed by atoms with Crippen LogP contribution in [0.1, 0.15) is 26.2 Å². The molecule has 1 aliphatic heterocycles. The predicted molar refractivity (Wildman–Crippen MR) is 80.3 cm³/mol. The van der Waals surface area contributed by atoms with Gasteiger partial charge in [-0.3, -0.25) is 0 Å². The van der Waals surface area contributed by atoms with Gasteiger partial charge in [-0.1, -0.05) is 6.42 Å². The minimum absolute atomic E-state index is 0.000650. The van der Waals surface area contributed by atoms with Gasteiger partial charge < -0.3 is 21.5 Å². The van der Waals surface area contributed by atoms with Crippen molar-refractivity contribution in [2.24, 2.45) is 17.4 Å². The molecule has 1 aliphatic carbocycles. The topological polar surface area (TPSA) is 142 Å². The fraction of sp³-hybridized carbons (Fsp3) is 1.00. The van der Waals surface area contributed by atoms with Crippen LogP contribution >= 0.6 is 0 Å². The van der Waals surface area contributed by atoms with E-state index in [1.54, 1.807) is 0 Å². The molecule has 0 spiro atoms. The Kier molecular flexibility index (Phi) is 4.99. The summed E-state index contributed by atoms with van der Waals surface area (Å²) in [5.41, 5.74) is 11.2. The summed E-state index contributed by atoms with van der Waals surface area (Å²) in [5, 5.41) is 17.7. The van der Waals surface area contributed by atoms with E-state index < -0.39 is 22.9 Å². The Morgan fingerprint density at radius 3 is 2.62 bits per heavy atom. The smallest absolute Gasteiger partial charge is 0.427 e. The van der Waals surface area contributed by atoms with E-state index in [2.05, 4.69) is 4.72 Å². The Bertz CT molecular complexity index is 473. The highest BCUT2D eigenvalue weighted by Crippen LogP contribution is 2.31. The third kappa shape index (κ3) is 4.38. The van der Waals surface area contributed by atoms with Crippen LogP contribution in [-0.2, 0) is 10.2 Å². The zero-order valence-electron chi connectivity index (χ0n) is 12.3. The molecule has 2 aliphatic rings. The zero-order chi connectivity index (χ0) is 15.8. The molecule has 4 atom stereocenters. The molecule has 0 bridgehead atoms. The Morgan fingerprint density at radius 2 is 2.10 bits per heavy atom. The standard InChI is InChI=1S/C11H25BN4O4S/c1-11(14)7-16(6-8(11)3-2-4-12(17)18)21(19,20)15-10-5-9(10)13/h8-10,15,17-18H,2-7,13-14H2,1H3/t8-,9-,10-,11-/m0/s1. The van der Waals surface area contributed by atoms with E-state index in [-0.39, 0.29) is 30.9 Å². The van der Waals surface area contributed by atoms with Crippen LogP contribution < -0.4 is 16.2 Å². The fourth-order valence-electron chi connectivity index (χ4n) is 2.79. The number of rotatable bonds is 7. The molecular weight excluding hydrogens is 295 g/mol. The summed E-state index contributed by atoms with van der Waals surface area (Å²) < 4.78 is 28.5. The van der Waals surface area contributed by atoms with E-state index >= 15 is 0 Å². The lowest BCUT2D eigenvalue weighted by molar-refractivity contribution is 0.343. The van der Waals surface area contributed by atoms with Crippen molar-refractivity contribution in [1.29, 1.82) is 0 Å². The van der Waals surface area contributed by atoms with Crippen LogP contribution in [-0.4, -0.2) is 60.6 Å². The lowest BCUT2D eigenvalue weighted by atomic mass is 9.79. The van der Waals surface area contributed by atoms with Gasteiger partial charge in [-0.25, -0.2) is 0 Å². The first-order valence-electron chi connectivity index (χ1n) is 7.30. The van der Waals surface area contributed by atoms with Gasteiger partial charge >= 0.3 is 7.12 Å². The highest BCUT2D eigenvalue weighted by atomic mass is 32.2. The third-order valence-corrected chi connectivity index (χ3v) is 5.93. The molecule has 0 amide bonds. The number of hydrogen-bond donors (Lipinski definition) is 5. The van der Waals surface area contributed by atoms with Crippen LogP contribution in [0.3, 0.4) is 0 Å². The van der Waals surface area contributed by atoms with E-state index in [1.165, 1.54) is 4.31 Å². The average molecular weight is 320 g/mol. The van der Waals surface area contributed by atoms with Crippen molar-refractivity contribution < 1.29 is 18.5 Å². The summed E-state index contributed by atoms with van der Waals surface area (Å²) in [6, 6.07) is -0.254. The summed E-state index contributed by atoms with van der Waals surface area (Å²) >= 11 is 0. The lowest BCUT2D eigenvalue weighted by Gasteiger charge is -2.25. The van der Waals surface area contributed by atoms with Crippen molar-refractivity contribution in [3.63, 3.8) is 0 Å². The first kappa shape index (κ1) is 17.1. The predicted octanol–water partition coefficient (Wildman–Crippen LogP) is -2.18. The summed E-state index contributed by atoms with van der Waals surface area (Å²) in [6.07, 6.45) is 2.21. The molecule has 0 aromatic rings. The maximum Gasteiger partial charge on any atom is 0.451 e. The summed E-state index contributed by atoms with van der Waals surface area (Å²) in [6.45, 7) is 2.45. The molecule has 0 aromatic heterocycles. The first-order chi connectivity index (χ1) is 9.62. The average Bonchev–Trinajstić information content (AvgIpc) is 2.89. The normalized spacial score (nSPS) is 36.9. The highest BCUT2D eigenvalue weighted by molar-refractivity contribution is 7.87. The van der Waals surface area contributed by atoms with E-state index in [9.17, 15) is 8.42 Å². The van der Waals surface area contributed by atoms with Gasteiger partial charge in [0.25, 0.3) is 10.2 Å². The lowest BCUT2D eigenvalue weighted by Crippen LogP contribution is -2.47. The molecule has 8 nitrogen and oxygen atoms in total. The first-order valence-corrected chi connectivity index (χ1v) is 8.74. The van der Waals surface area contributed by atoms with Crippen LogP contribution in [0.2, 0.25) is 6.32 Å². The van der Waals surface area contributed by atoms with Gasteiger partial charge in [-0.2, -0.15) is 17.4 Å². The van der Waals surface area contributed by atoms with E-state index in [0.29, 0.717) is 25.8 Å². The number of nitrogens with one attached hydrogen (secondary N) is 1. The Balaban J connectivity index is 1.91. The Labute approximate surface area is 126 Å². The molecule has 1 saturated carbocycles. The van der Waals surface area contributed by atoms with Gasteiger partial charge in [0.15, 0.2) is 0 Å². The molecule has 0 aromatic carbocycles. The van der Waals surface area contributed by atoms with Crippen LogP contribution in [0.4, 0.5) is 0 Å². The summed E-state index contributed by atoms with van der Waals surface area (Å²) in [4.78, 5) is 0. The molecule has 2 fully saturated rings. The van der Waals surface area contributed by atoms with Crippen molar-refractivity contribution in [2.45, 2.75) is 50.1 Å². The second-order valence-corrected chi connectivity index (χ2v) is 8.24. The molecule has 1 saturated heterocycles. The molecule has 0 radical (unpaired) electrons. The fourth-order valence-corrected chi connectivity index (χ4v) is 4.42. The largest absolute Gasteiger partial charge is 0.451 e. The SMILES string of the molecule is C[C@]1(N)CN(S(=O)(=O)N[C@H]2C[C@@H]2N)C[C@@H]1CCCB(O)O. The molecule has 0 unspecified atom stereocenters. The number of nitrogens with two attached hydrogens (primary N) is 2. The van der Waals surface area contributed by atoms with Crippen molar-refractivity contribution in [3.05, 3.63) is 0 Å². The van der Waals surface area contributed by atoms with Gasteiger partial charge in [-0.05, 0) is 32.0 Å². The quantitative estimate of drug-likeness (QED) is 0.338. The van der Waals surface area contributed by atoms with E-state index in [1.807, 2.05) is 6.92 Å². The minimum Gasteiger partial charge on any atom is -0.427 e. The van der Waals surface area contributed by atoms with Crippen molar-refractivity contribution in [3.8, 4) is 0 Å². The van der Waals surface area contributed by atoms with Gasteiger partial charge in [0, 0.05) is 30.7 Å². The van der Waals surface area contributed by atoms with Gasteiger partial charge in [-0.15, -0.1) is 0 Å². The number of hydrogen-bond acceptors (Lipinski definition) is 6. The van der Waals surface area contributed by atoms with Crippen LogP contribution in [0, 0.1) is 5.92 Å². The monoisotopic (exact) mass is 320 g/mol.